The van der Waals surface area contributed by atoms with Crippen LogP contribution in [0, 0.1) is 0 Å². The number of benzene rings is 1. The van der Waals surface area contributed by atoms with E-state index in [1.807, 2.05) is 19.9 Å². The molecule has 11 nitrogen and oxygen atoms in total. The minimum atomic E-state index is -0.974. The van der Waals surface area contributed by atoms with Gasteiger partial charge in [0.15, 0.2) is 0 Å². The third-order valence-electron chi connectivity index (χ3n) is 7.04. The molecule has 3 aliphatic heterocycles. The highest BCUT2D eigenvalue weighted by atomic mass is 16.6. The maximum Gasteiger partial charge on any atom is 0.405 e. The lowest BCUT2D eigenvalue weighted by atomic mass is 10.0. The van der Waals surface area contributed by atoms with Gasteiger partial charge in [0, 0.05) is 32.6 Å². The van der Waals surface area contributed by atoms with Crippen molar-refractivity contribution in [2.24, 2.45) is 5.73 Å². The molecule has 0 aromatic heterocycles. The summed E-state index contributed by atoms with van der Waals surface area (Å²) in [6, 6.07) is 4.24. The Hall–Kier alpha value is -3.47. The highest BCUT2D eigenvalue weighted by Crippen LogP contribution is 2.34. The van der Waals surface area contributed by atoms with Crippen molar-refractivity contribution < 1.29 is 28.7 Å². The van der Waals surface area contributed by atoms with Crippen LogP contribution in [0.3, 0.4) is 0 Å². The summed E-state index contributed by atoms with van der Waals surface area (Å²) in [6.07, 6.45) is 2.06. The number of piperidine rings is 1. The van der Waals surface area contributed by atoms with Crippen molar-refractivity contribution in [2.45, 2.75) is 57.6 Å². The molecule has 0 saturated carbocycles. The van der Waals surface area contributed by atoms with Gasteiger partial charge in [-0.05, 0) is 58.2 Å². The van der Waals surface area contributed by atoms with Gasteiger partial charge in [0.1, 0.15) is 11.6 Å². The number of nitrogens with two attached hydrogens (primary N) is 1. The highest BCUT2D eigenvalue weighted by molar-refractivity contribution is 6.25. The van der Waals surface area contributed by atoms with Crippen LogP contribution in [-0.2, 0) is 14.3 Å². The number of amides is 5. The van der Waals surface area contributed by atoms with E-state index in [2.05, 4.69) is 15.1 Å². The number of imide groups is 2. The van der Waals surface area contributed by atoms with Crippen molar-refractivity contribution >= 4 is 35.4 Å². The molecule has 194 valence electrons. The van der Waals surface area contributed by atoms with Gasteiger partial charge < -0.3 is 15.4 Å². The Bertz CT molecular complexity index is 1080. The first-order chi connectivity index (χ1) is 17.1. The van der Waals surface area contributed by atoms with E-state index in [9.17, 15) is 24.0 Å². The fourth-order valence-electron chi connectivity index (χ4n) is 5.18. The fourth-order valence-corrected chi connectivity index (χ4v) is 5.18. The molecule has 11 heteroatoms. The predicted octanol–water partition coefficient (Wildman–Crippen LogP) is 1.25. The zero-order chi connectivity index (χ0) is 26.0. The standard InChI is InChI=1S/C25H33N5O6/c1-25(2,36-24(26)35)10-3-4-11-28-12-14-29(15-13-28)17-7-5-6-16-20(17)23(34)30(22(16)33)18-8-9-19(31)27-21(18)32/h5-7,18H,3-4,8-15H2,1-2H3,(H2,26,35)(H,27,31,32). The van der Waals surface area contributed by atoms with Gasteiger partial charge in [-0.3, -0.25) is 34.3 Å². The smallest absolute Gasteiger partial charge is 0.405 e. The van der Waals surface area contributed by atoms with Crippen molar-refractivity contribution in [3.63, 3.8) is 0 Å². The largest absolute Gasteiger partial charge is 0.444 e. The molecule has 2 saturated heterocycles. The summed E-state index contributed by atoms with van der Waals surface area (Å²) in [6.45, 7) is 7.63. The second-order valence-electron chi connectivity index (χ2n) is 10.1. The second-order valence-corrected chi connectivity index (χ2v) is 10.1. The summed E-state index contributed by atoms with van der Waals surface area (Å²) in [7, 11) is 0. The maximum absolute atomic E-state index is 13.3. The first-order valence-electron chi connectivity index (χ1n) is 12.4. The molecule has 36 heavy (non-hydrogen) atoms. The van der Waals surface area contributed by atoms with Gasteiger partial charge in [-0.15, -0.1) is 0 Å². The summed E-state index contributed by atoms with van der Waals surface area (Å²) in [4.78, 5) is 66.7. The summed E-state index contributed by atoms with van der Waals surface area (Å²) < 4.78 is 5.13. The quantitative estimate of drug-likeness (QED) is 0.402. The van der Waals surface area contributed by atoms with Crippen LogP contribution < -0.4 is 16.0 Å². The third-order valence-corrected chi connectivity index (χ3v) is 7.04. The van der Waals surface area contributed by atoms with E-state index in [1.165, 1.54) is 0 Å². The molecule has 1 unspecified atom stereocenters. The Balaban J connectivity index is 1.35. The normalized spacial score (nSPS) is 21.0. The van der Waals surface area contributed by atoms with Crippen molar-refractivity contribution in [1.82, 2.24) is 15.1 Å². The molecule has 3 aliphatic rings. The number of nitrogens with one attached hydrogen (secondary N) is 1. The van der Waals surface area contributed by atoms with Gasteiger partial charge >= 0.3 is 6.09 Å². The zero-order valence-electron chi connectivity index (χ0n) is 20.7. The summed E-state index contributed by atoms with van der Waals surface area (Å²) in [5.74, 6) is -1.98. The molecule has 1 aromatic rings. The molecule has 4 rings (SSSR count). The number of piperazine rings is 1. The Labute approximate surface area is 209 Å². The number of rotatable bonds is 8. The van der Waals surface area contributed by atoms with Gasteiger partial charge in [-0.25, -0.2) is 4.79 Å². The van der Waals surface area contributed by atoms with Gasteiger partial charge in [-0.1, -0.05) is 6.07 Å². The topological polar surface area (TPSA) is 142 Å². The van der Waals surface area contributed by atoms with Crippen LogP contribution >= 0.6 is 0 Å². The SMILES string of the molecule is CC(C)(CCCCN1CCN(c2cccc3c2C(=O)N(C2CCC(=O)NC2=O)C3=O)CC1)OC(N)=O. The van der Waals surface area contributed by atoms with Crippen LogP contribution in [0.4, 0.5) is 10.5 Å². The molecular formula is C25H33N5O6. The number of carbonyl (C=O) groups is 5. The van der Waals surface area contributed by atoms with Crippen molar-refractivity contribution in [1.29, 1.82) is 0 Å². The molecule has 2 fully saturated rings. The van der Waals surface area contributed by atoms with Crippen LogP contribution in [0.5, 0.6) is 0 Å². The monoisotopic (exact) mass is 499 g/mol. The van der Waals surface area contributed by atoms with Gasteiger partial charge in [0.05, 0.1) is 16.8 Å². The summed E-state index contributed by atoms with van der Waals surface area (Å²) >= 11 is 0. The molecule has 5 amide bonds. The summed E-state index contributed by atoms with van der Waals surface area (Å²) in [5, 5.41) is 2.23. The van der Waals surface area contributed by atoms with Gasteiger partial charge in [-0.2, -0.15) is 0 Å². The summed E-state index contributed by atoms with van der Waals surface area (Å²) in [5.41, 5.74) is 5.87. The lowest BCUT2D eigenvalue weighted by Gasteiger charge is -2.37. The Morgan fingerprint density at radius 1 is 1.08 bits per heavy atom. The number of primary amides is 1. The molecule has 3 heterocycles. The molecule has 0 radical (unpaired) electrons. The lowest BCUT2D eigenvalue weighted by Crippen LogP contribution is -2.54. The average molecular weight is 500 g/mol. The van der Waals surface area contributed by atoms with E-state index in [4.69, 9.17) is 10.5 Å². The van der Waals surface area contributed by atoms with Crippen molar-refractivity contribution in [3.05, 3.63) is 29.3 Å². The predicted molar refractivity (Wildman–Crippen MR) is 130 cm³/mol. The van der Waals surface area contributed by atoms with E-state index >= 15 is 0 Å². The second kappa shape index (κ2) is 10.3. The van der Waals surface area contributed by atoms with E-state index < -0.39 is 41.4 Å². The van der Waals surface area contributed by atoms with E-state index in [1.54, 1.807) is 12.1 Å². The fraction of sp³-hybridized carbons (Fsp3) is 0.560. The number of hydrogen-bond donors (Lipinski definition) is 2. The number of nitrogens with zero attached hydrogens (tertiary/aromatic N) is 3. The molecule has 1 atom stereocenters. The molecule has 0 aliphatic carbocycles. The molecular weight excluding hydrogens is 466 g/mol. The number of ether oxygens (including phenoxy) is 1. The number of unbranched alkanes of at least 4 members (excludes halogenated alkanes) is 1. The van der Waals surface area contributed by atoms with Crippen LogP contribution in [0.25, 0.3) is 0 Å². The van der Waals surface area contributed by atoms with Crippen molar-refractivity contribution in [2.75, 3.05) is 37.6 Å². The number of anilines is 1. The van der Waals surface area contributed by atoms with Crippen molar-refractivity contribution in [3.8, 4) is 0 Å². The first-order valence-corrected chi connectivity index (χ1v) is 12.4. The van der Waals surface area contributed by atoms with Crippen LogP contribution in [0.15, 0.2) is 18.2 Å². The lowest BCUT2D eigenvalue weighted by molar-refractivity contribution is -0.136. The number of hydrogen-bond acceptors (Lipinski definition) is 8. The molecule has 3 N–H and O–H groups in total. The van der Waals surface area contributed by atoms with Gasteiger partial charge in [0.25, 0.3) is 11.8 Å². The minimum absolute atomic E-state index is 0.0916. The van der Waals surface area contributed by atoms with E-state index in [-0.39, 0.29) is 12.8 Å². The average Bonchev–Trinajstić information content (AvgIpc) is 3.07. The van der Waals surface area contributed by atoms with Crippen LogP contribution in [-0.4, -0.2) is 83.9 Å². The molecule has 0 bridgehead atoms. The Morgan fingerprint density at radius 2 is 1.81 bits per heavy atom. The zero-order valence-corrected chi connectivity index (χ0v) is 20.7. The molecule has 1 aromatic carbocycles. The third kappa shape index (κ3) is 5.35. The molecule has 0 spiro atoms. The highest BCUT2D eigenvalue weighted by Gasteiger charge is 2.46. The van der Waals surface area contributed by atoms with E-state index in [0.29, 0.717) is 29.9 Å². The Morgan fingerprint density at radius 3 is 2.47 bits per heavy atom. The number of fused-ring (bicyclic) bond motifs is 1. The maximum atomic E-state index is 13.3. The van der Waals surface area contributed by atoms with E-state index in [0.717, 1.165) is 43.8 Å². The minimum Gasteiger partial charge on any atom is -0.444 e. The Kier molecular flexibility index (Phi) is 7.30. The first kappa shape index (κ1) is 25.6. The van der Waals surface area contributed by atoms with Gasteiger partial charge in [0.2, 0.25) is 11.8 Å². The van der Waals surface area contributed by atoms with Crippen LogP contribution in [0.1, 0.15) is 66.7 Å². The van der Waals surface area contributed by atoms with Crippen LogP contribution in [0.2, 0.25) is 0 Å². The number of carbonyl (C=O) groups excluding carboxylic acids is 5.